The van der Waals surface area contributed by atoms with Crippen LogP contribution >= 0.6 is 0 Å². The minimum Gasteiger partial charge on any atom is -0.784 e. The molecule has 0 bridgehead atoms. The molecular weight excluding hydrogens is 324 g/mol. The summed E-state index contributed by atoms with van der Waals surface area (Å²) in [6.07, 6.45) is 8.46. The summed E-state index contributed by atoms with van der Waals surface area (Å²) in [6.45, 7) is 0.380. The van der Waals surface area contributed by atoms with Crippen LogP contribution in [0.2, 0.25) is 0 Å². The third kappa shape index (κ3) is 3.14. The zero-order valence-electron chi connectivity index (χ0n) is 14.9. The summed E-state index contributed by atoms with van der Waals surface area (Å²) < 4.78 is 0. The van der Waals surface area contributed by atoms with Crippen LogP contribution in [0.15, 0.2) is 54.9 Å². The highest BCUT2D eigenvalue weighted by molar-refractivity contribution is 5.83. The summed E-state index contributed by atoms with van der Waals surface area (Å²) in [4.78, 5) is 7.80. The number of pyridine rings is 1. The molecule has 2 aromatic heterocycles. The number of fused-ring (bicyclic) bond motifs is 1. The van der Waals surface area contributed by atoms with Gasteiger partial charge in [-0.25, -0.2) is 0 Å². The van der Waals surface area contributed by atoms with Crippen molar-refractivity contribution in [3.05, 3.63) is 71.3 Å². The van der Waals surface area contributed by atoms with E-state index in [1.807, 2.05) is 48.8 Å². The molecule has 1 aliphatic carbocycles. The van der Waals surface area contributed by atoms with E-state index in [2.05, 4.69) is 16.0 Å². The van der Waals surface area contributed by atoms with Gasteiger partial charge >= 0.3 is 0 Å². The van der Waals surface area contributed by atoms with Gasteiger partial charge in [0.1, 0.15) is 0 Å². The van der Waals surface area contributed by atoms with Crippen LogP contribution in [0.4, 0.5) is 0 Å². The summed E-state index contributed by atoms with van der Waals surface area (Å²) in [5.41, 5.74) is 9.05. The Hall–Kier alpha value is -2.21. The van der Waals surface area contributed by atoms with Crippen LogP contribution in [0.5, 0.6) is 0 Å². The maximum Gasteiger partial charge on any atom is 0.0741 e. The second-order valence-corrected chi connectivity index (χ2v) is 7.37. The lowest BCUT2D eigenvalue weighted by atomic mass is 9.71. The van der Waals surface area contributed by atoms with Gasteiger partial charge in [-0.15, -0.1) is 0 Å². The molecule has 3 N–H and O–H groups in total. The van der Waals surface area contributed by atoms with Gasteiger partial charge in [0, 0.05) is 40.0 Å². The molecule has 0 saturated heterocycles. The Balaban J connectivity index is 1.61. The highest BCUT2D eigenvalue weighted by Crippen LogP contribution is 2.40. The van der Waals surface area contributed by atoms with Crippen LogP contribution in [-0.2, 0) is 5.41 Å². The van der Waals surface area contributed by atoms with Crippen LogP contribution < -0.4 is 5.73 Å². The van der Waals surface area contributed by atoms with Gasteiger partial charge in [-0.05, 0) is 37.6 Å². The summed E-state index contributed by atoms with van der Waals surface area (Å²) >= 11 is 0. The fourth-order valence-electron chi connectivity index (χ4n) is 4.29. The molecule has 26 heavy (non-hydrogen) atoms. The van der Waals surface area contributed by atoms with Gasteiger partial charge in [0.15, 0.2) is 0 Å². The summed E-state index contributed by atoms with van der Waals surface area (Å²) in [5.74, 6) is 0. The quantitative estimate of drug-likeness (QED) is 0.534. The van der Waals surface area contributed by atoms with Crippen molar-refractivity contribution in [1.82, 2.24) is 15.0 Å². The first-order valence-corrected chi connectivity index (χ1v) is 9.36. The molecule has 5 heteroatoms. The predicted molar refractivity (Wildman–Crippen MR) is 104 cm³/mol. The predicted octanol–water partition coefficient (Wildman–Crippen LogP) is 4.22. The van der Waals surface area contributed by atoms with Gasteiger partial charge < -0.3 is 21.0 Å². The highest BCUT2D eigenvalue weighted by Gasteiger charge is 2.36. The summed E-state index contributed by atoms with van der Waals surface area (Å²) in [6, 6.07) is 13.9. The van der Waals surface area contributed by atoms with Crippen molar-refractivity contribution in [2.45, 2.75) is 43.7 Å². The molecule has 2 heterocycles. The number of nitrogens with zero attached hydrogens (tertiary/aromatic N) is 2. The first kappa shape index (κ1) is 17.2. The number of aromatic amines is 1. The van der Waals surface area contributed by atoms with Crippen molar-refractivity contribution in [1.29, 1.82) is 0 Å². The van der Waals surface area contributed by atoms with E-state index < -0.39 is 6.17 Å². The van der Waals surface area contributed by atoms with Crippen molar-refractivity contribution in [2.75, 3.05) is 6.54 Å². The van der Waals surface area contributed by atoms with Crippen LogP contribution in [0.1, 0.15) is 49.5 Å². The Morgan fingerprint density at radius 2 is 1.88 bits per heavy atom. The fourth-order valence-corrected chi connectivity index (χ4v) is 4.29. The number of benzene rings is 1. The van der Waals surface area contributed by atoms with Crippen molar-refractivity contribution in [3.8, 4) is 0 Å². The first-order chi connectivity index (χ1) is 12.7. The smallest absolute Gasteiger partial charge is 0.0741 e. The molecule has 1 fully saturated rings. The van der Waals surface area contributed by atoms with Crippen molar-refractivity contribution in [3.63, 3.8) is 0 Å². The second kappa shape index (κ2) is 7.19. The maximum absolute atomic E-state index is 13.1. The lowest BCUT2D eigenvalue weighted by Crippen LogP contribution is -2.44. The average molecular weight is 349 g/mol. The molecule has 4 rings (SSSR count). The number of nitrogens with two attached hydrogens (primary N) is 1. The molecule has 5 nitrogen and oxygen atoms in total. The molecule has 0 spiro atoms. The lowest BCUT2D eigenvalue weighted by Gasteiger charge is -2.45. The molecular formula is C21H25N4O-. The van der Waals surface area contributed by atoms with E-state index >= 15 is 0 Å². The molecule has 1 unspecified atom stereocenters. The Bertz CT molecular complexity index is 855. The third-order valence-corrected chi connectivity index (χ3v) is 5.73. The number of H-pyrrole nitrogens is 1. The summed E-state index contributed by atoms with van der Waals surface area (Å²) in [7, 11) is 0. The number of hydroxylamine groups is 2. The van der Waals surface area contributed by atoms with Crippen molar-refractivity contribution < 1.29 is 0 Å². The molecule has 1 aromatic carbocycles. The number of hydrogen-bond acceptors (Lipinski definition) is 4. The standard InChI is InChI=1S/C21H25N4O/c22-20(17-14-24-18-9-3-2-8-16(17)18)25(26)15-21(11-5-1-6-12-21)19-10-4-7-13-23-19/h2-4,7-10,13-14,20,24H,1,5-6,11-12,15,22H2/q-1. The molecule has 1 atom stereocenters. The van der Waals surface area contributed by atoms with E-state index in [9.17, 15) is 5.21 Å². The fraction of sp³-hybridized carbons (Fsp3) is 0.381. The Morgan fingerprint density at radius 3 is 2.65 bits per heavy atom. The van der Waals surface area contributed by atoms with Gasteiger partial charge in [-0.3, -0.25) is 4.98 Å². The number of para-hydroxylation sites is 1. The molecule has 0 radical (unpaired) electrons. The van der Waals surface area contributed by atoms with Crippen LogP contribution in [0, 0.1) is 5.21 Å². The first-order valence-electron chi connectivity index (χ1n) is 9.36. The average Bonchev–Trinajstić information content (AvgIpc) is 3.13. The zero-order chi connectivity index (χ0) is 18.0. The SMILES string of the molecule is NC(c1c[nH]c2ccccc12)N([O-])CC1(c2ccccn2)CCCCC1. The highest BCUT2D eigenvalue weighted by atomic mass is 16.5. The monoisotopic (exact) mass is 349 g/mol. The normalized spacial score (nSPS) is 18.3. The number of rotatable bonds is 5. The van der Waals surface area contributed by atoms with Gasteiger partial charge in [-0.2, -0.15) is 0 Å². The minimum atomic E-state index is -0.686. The van der Waals surface area contributed by atoms with E-state index in [-0.39, 0.29) is 5.41 Å². The van der Waals surface area contributed by atoms with Crippen LogP contribution in [0.25, 0.3) is 10.9 Å². The van der Waals surface area contributed by atoms with E-state index in [1.165, 1.54) is 6.42 Å². The lowest BCUT2D eigenvalue weighted by molar-refractivity contribution is 0.173. The molecule has 3 aromatic rings. The minimum absolute atomic E-state index is 0.203. The Morgan fingerprint density at radius 1 is 1.12 bits per heavy atom. The summed E-state index contributed by atoms with van der Waals surface area (Å²) in [5, 5.41) is 15.1. The largest absolute Gasteiger partial charge is 0.784 e. The molecule has 0 amide bonds. The topological polar surface area (TPSA) is 81.0 Å². The third-order valence-electron chi connectivity index (χ3n) is 5.73. The van der Waals surface area contributed by atoms with Crippen molar-refractivity contribution >= 4 is 10.9 Å². The molecule has 1 saturated carbocycles. The number of hydrogen-bond donors (Lipinski definition) is 2. The van der Waals surface area contributed by atoms with E-state index in [0.29, 0.717) is 6.54 Å². The van der Waals surface area contributed by atoms with E-state index in [1.54, 1.807) is 0 Å². The zero-order valence-corrected chi connectivity index (χ0v) is 14.9. The van der Waals surface area contributed by atoms with Crippen LogP contribution in [-0.4, -0.2) is 21.6 Å². The molecule has 136 valence electrons. The van der Waals surface area contributed by atoms with E-state index in [0.717, 1.165) is 52.9 Å². The van der Waals surface area contributed by atoms with Crippen molar-refractivity contribution in [2.24, 2.45) is 5.73 Å². The van der Waals surface area contributed by atoms with Gasteiger partial charge in [0.05, 0.1) is 6.17 Å². The maximum atomic E-state index is 13.1. The number of nitrogens with one attached hydrogen (secondary N) is 1. The van der Waals surface area contributed by atoms with Crippen LogP contribution in [0.3, 0.4) is 0 Å². The van der Waals surface area contributed by atoms with Gasteiger partial charge in [0.25, 0.3) is 0 Å². The van der Waals surface area contributed by atoms with E-state index in [4.69, 9.17) is 5.73 Å². The molecule has 1 aliphatic rings. The van der Waals surface area contributed by atoms with Gasteiger partial charge in [-0.1, -0.05) is 43.5 Å². The van der Waals surface area contributed by atoms with Gasteiger partial charge in [0.2, 0.25) is 0 Å². The molecule has 0 aliphatic heterocycles. The Kier molecular flexibility index (Phi) is 4.76. The Labute approximate surface area is 153 Å². The second-order valence-electron chi connectivity index (χ2n) is 7.37. The number of aromatic nitrogens is 2.